The number of aliphatic hydroxyl groups is 5. The lowest BCUT2D eigenvalue weighted by Crippen LogP contribution is -2.41. The largest absolute Gasteiger partial charge is 0.497 e. The van der Waals surface area contributed by atoms with Crippen molar-refractivity contribution in [1.29, 1.82) is 0 Å². The number of piperidine rings is 5. The van der Waals surface area contributed by atoms with Gasteiger partial charge in [0.1, 0.15) is 17.6 Å². The summed E-state index contributed by atoms with van der Waals surface area (Å²) in [6, 6.07) is 71.1. The SMILES string of the molecule is COc1ccc(C(=O)N2CCCC(C(O)c3ccc(OC)cc3)C2)cc1.Cn1ccc(C(O)C2CCCN(C(=O)c3ccccc3)C2)n1.O=C(c1ccc(Cl)c(Cl)c1)N1CCCC(C(O)c2ccccc2)C1.O=C(c1ccc(Cl)cc1)N1CCCC(C(O)c2ccc(Cl)cc2)C1.O=C(c1cccc(Cl)c1)N1CCCC(C(O)c2ccccc2)C1. The van der Waals surface area contributed by atoms with E-state index in [4.69, 9.17) is 67.5 Å². The second-order valence-electron chi connectivity index (χ2n) is 30.8. The molecule has 19 nitrogen and oxygen atoms in total. The number of hydrogen-bond donors (Lipinski definition) is 5. The zero-order chi connectivity index (χ0) is 84.5. The average molecular weight is 1710 g/mol. The maximum atomic E-state index is 12.8. The van der Waals surface area contributed by atoms with Crippen molar-refractivity contribution in [3.8, 4) is 11.5 Å². The Hall–Kier alpha value is -9.61. The topological polar surface area (TPSA) is 239 Å². The molecule has 5 fully saturated rings. The lowest BCUT2D eigenvalue weighted by Gasteiger charge is -2.35. The number of likely N-dealkylation sites (tertiary alicyclic amines) is 5. The third-order valence-electron chi connectivity index (χ3n) is 22.6. The Morgan fingerprint density at radius 1 is 0.328 bits per heavy atom. The number of carbonyl (C=O) groups excluding carboxylic acids is 5. The van der Waals surface area contributed by atoms with E-state index in [1.165, 1.54) is 0 Å². The van der Waals surface area contributed by atoms with Crippen molar-refractivity contribution in [2.45, 2.75) is 94.7 Å². The van der Waals surface area contributed by atoms with E-state index in [-0.39, 0.29) is 59.1 Å². The first-order chi connectivity index (χ1) is 57.5. The molecule has 6 heterocycles. The lowest BCUT2D eigenvalue weighted by molar-refractivity contribution is 0.0379. The highest BCUT2D eigenvalue weighted by atomic mass is 35.5. The molecule has 0 spiro atoms. The van der Waals surface area contributed by atoms with Gasteiger partial charge in [-0.05, 0) is 214 Å². The number of nitrogens with zero attached hydrogens (tertiary/aromatic N) is 7. The van der Waals surface area contributed by atoms with Gasteiger partial charge in [-0.2, -0.15) is 5.10 Å². The van der Waals surface area contributed by atoms with E-state index in [1.54, 1.807) is 127 Å². The van der Waals surface area contributed by atoms with Crippen LogP contribution in [0.15, 0.2) is 243 Å². The van der Waals surface area contributed by atoms with Crippen molar-refractivity contribution in [2.24, 2.45) is 36.6 Å². The summed E-state index contributed by atoms with van der Waals surface area (Å²) < 4.78 is 12.0. The molecular formula is C95H104Cl5N7O12. The Kier molecular flexibility index (Phi) is 33.8. The van der Waals surface area contributed by atoms with Gasteiger partial charge in [0, 0.05) is 151 Å². The molecule has 10 unspecified atom stereocenters. The van der Waals surface area contributed by atoms with Crippen LogP contribution in [0.2, 0.25) is 25.1 Å². The van der Waals surface area contributed by atoms with E-state index in [9.17, 15) is 49.5 Å². The number of methoxy groups -OCH3 is 2. The number of rotatable bonds is 17. The molecule has 24 heteroatoms. The van der Waals surface area contributed by atoms with Gasteiger partial charge in [0.25, 0.3) is 29.5 Å². The van der Waals surface area contributed by atoms with Gasteiger partial charge in [-0.25, -0.2) is 0 Å². The van der Waals surface area contributed by atoms with E-state index in [1.807, 2.05) is 166 Å². The maximum Gasteiger partial charge on any atom is 0.253 e. The first-order valence-electron chi connectivity index (χ1n) is 40.5. The molecule has 10 aromatic rings. The normalized spacial score (nSPS) is 19.1. The molecule has 0 radical (unpaired) electrons. The predicted molar refractivity (Wildman–Crippen MR) is 467 cm³/mol. The summed E-state index contributed by atoms with van der Waals surface area (Å²) in [7, 11) is 5.06. The summed E-state index contributed by atoms with van der Waals surface area (Å²) in [5.41, 5.74) is 7.29. The molecule has 0 saturated carbocycles. The number of amides is 5. The van der Waals surface area contributed by atoms with Gasteiger partial charge in [0.05, 0.1) is 54.4 Å². The molecule has 15 rings (SSSR count). The first kappa shape index (κ1) is 90.2. The Morgan fingerprint density at radius 3 is 0.992 bits per heavy atom. The van der Waals surface area contributed by atoms with Crippen molar-refractivity contribution in [3.05, 3.63) is 324 Å². The fraction of sp³-hybridized carbons (Fsp3) is 0.347. The van der Waals surface area contributed by atoms with E-state index < -0.39 is 30.5 Å². The van der Waals surface area contributed by atoms with Crippen LogP contribution in [0.1, 0.15) is 174 Å². The molecule has 5 aliphatic heterocycles. The Balaban J connectivity index is 0.000000146. The van der Waals surface area contributed by atoms with Gasteiger partial charge in [-0.1, -0.05) is 167 Å². The van der Waals surface area contributed by atoms with E-state index in [0.717, 1.165) is 118 Å². The number of aryl methyl sites for hydroxylation is 1. The van der Waals surface area contributed by atoms with Gasteiger partial charge >= 0.3 is 0 Å². The number of halogens is 5. The highest BCUT2D eigenvalue weighted by molar-refractivity contribution is 6.42. The highest BCUT2D eigenvalue weighted by Crippen LogP contribution is 2.37. The minimum Gasteiger partial charge on any atom is -0.497 e. The molecule has 5 saturated heterocycles. The predicted octanol–water partition coefficient (Wildman–Crippen LogP) is 18.4. The maximum absolute atomic E-state index is 12.8. The summed E-state index contributed by atoms with van der Waals surface area (Å²) >= 11 is 29.7. The summed E-state index contributed by atoms with van der Waals surface area (Å²) in [6.45, 7) is 6.38. The quantitative estimate of drug-likeness (QED) is 0.0571. The van der Waals surface area contributed by atoms with Crippen molar-refractivity contribution in [1.82, 2.24) is 34.3 Å². The van der Waals surface area contributed by atoms with Gasteiger partial charge in [-0.3, -0.25) is 28.7 Å². The highest BCUT2D eigenvalue weighted by Gasteiger charge is 2.36. The fourth-order valence-electron chi connectivity index (χ4n) is 16.0. The molecule has 9 aromatic carbocycles. The standard InChI is InChI=1S/C21H25NO4.2C19H19Cl2NO2.C19H20ClNO2.C17H21N3O2/c1-25-18-9-5-15(6-10-18)20(23)17-4-3-13-22(14-17)21(24)16-7-11-19(26-2)12-8-16;20-16-7-3-13(4-8-16)18(23)15-2-1-11-22(12-15)19(24)14-5-9-17(21)10-6-14;20-16-9-8-14(11-17(16)21)19(24)22-10-4-7-15(12-22)18(23)13-5-2-1-3-6-13;20-17-10-4-8-15(12-17)19(23)21-11-5-9-16(13-21)18(22)14-6-2-1-3-7-14;1-19-11-9-15(18-19)16(21)14-8-5-10-20(12-14)17(22)13-6-3-2-4-7-13/h5-12,17,20,23H,3-4,13-14H2,1-2H3;3-10,15,18,23H,1-2,11-12H2;1-3,5-6,8-9,11,15,18,23H,4,7,10,12H2;1-4,6-8,10,12,16,18,22H,5,9,11,13H2;2-4,6-7,9,11,14,16,21H,5,8,10,12H2,1H3. The van der Waals surface area contributed by atoms with E-state index >= 15 is 0 Å². The van der Waals surface area contributed by atoms with Crippen molar-refractivity contribution < 1.29 is 59.0 Å². The molecule has 0 bridgehead atoms. The smallest absolute Gasteiger partial charge is 0.253 e. The summed E-state index contributed by atoms with van der Waals surface area (Å²) in [6.07, 6.45) is 7.93. The molecule has 119 heavy (non-hydrogen) atoms. The van der Waals surface area contributed by atoms with Crippen LogP contribution < -0.4 is 9.47 Å². The molecular weight excluding hydrogens is 1610 g/mol. The molecule has 10 atom stereocenters. The minimum absolute atomic E-state index is 0.000663. The second-order valence-corrected chi connectivity index (χ2v) is 32.9. The van der Waals surface area contributed by atoms with Crippen LogP contribution in [0.3, 0.4) is 0 Å². The van der Waals surface area contributed by atoms with Crippen LogP contribution in [0.25, 0.3) is 0 Å². The molecule has 626 valence electrons. The van der Waals surface area contributed by atoms with E-state index in [0.29, 0.717) is 104 Å². The van der Waals surface area contributed by atoms with Gasteiger partial charge in [0.15, 0.2) is 0 Å². The summed E-state index contributed by atoms with van der Waals surface area (Å²) in [5, 5.41) is 60.0. The van der Waals surface area contributed by atoms with Gasteiger partial charge in [-0.15, -0.1) is 0 Å². The zero-order valence-electron chi connectivity index (χ0n) is 67.1. The van der Waals surface area contributed by atoms with E-state index in [2.05, 4.69) is 5.10 Å². The van der Waals surface area contributed by atoms with Gasteiger partial charge in [0.2, 0.25) is 0 Å². The van der Waals surface area contributed by atoms with Crippen molar-refractivity contribution in [3.63, 3.8) is 0 Å². The van der Waals surface area contributed by atoms with Crippen LogP contribution in [-0.2, 0) is 7.05 Å². The molecule has 5 amide bonds. The zero-order valence-corrected chi connectivity index (χ0v) is 70.9. The average Bonchev–Trinajstić information content (AvgIpc) is 1.73. The third kappa shape index (κ3) is 25.3. The lowest BCUT2D eigenvalue weighted by atomic mass is 9.88. The van der Waals surface area contributed by atoms with Crippen molar-refractivity contribution >= 4 is 87.5 Å². The molecule has 5 aliphatic rings. The van der Waals surface area contributed by atoms with Crippen LogP contribution >= 0.6 is 58.0 Å². The monoisotopic (exact) mass is 1710 g/mol. The molecule has 1 aromatic heterocycles. The minimum atomic E-state index is -0.618. The fourth-order valence-corrected chi connectivity index (χ4v) is 16.8. The van der Waals surface area contributed by atoms with Gasteiger partial charge < -0.3 is 59.5 Å². The van der Waals surface area contributed by atoms with Crippen molar-refractivity contribution in [2.75, 3.05) is 79.7 Å². The summed E-state index contributed by atoms with van der Waals surface area (Å²) in [5.74, 6) is 1.62. The van der Waals surface area contributed by atoms with Crippen LogP contribution in [0.4, 0.5) is 0 Å². The molecule has 5 N–H and O–H groups in total. The Morgan fingerprint density at radius 2 is 0.630 bits per heavy atom. The van der Waals surface area contributed by atoms with Crippen LogP contribution in [0.5, 0.6) is 11.5 Å². The third-order valence-corrected chi connectivity index (χ3v) is 24.1. The number of benzene rings is 9. The Bertz CT molecular complexity index is 4890. The Labute approximate surface area is 722 Å². The molecule has 0 aliphatic carbocycles. The van der Waals surface area contributed by atoms with Crippen LogP contribution in [-0.4, -0.2) is 169 Å². The number of aliphatic hydroxyl groups excluding tert-OH is 5. The first-order valence-corrected chi connectivity index (χ1v) is 42.4. The summed E-state index contributed by atoms with van der Waals surface area (Å²) in [4.78, 5) is 72.4. The number of carbonyl (C=O) groups is 5. The number of ether oxygens (including phenoxy) is 2. The second kappa shape index (κ2) is 44.6. The number of aromatic nitrogens is 2. The number of hydrogen-bond acceptors (Lipinski definition) is 13. The van der Waals surface area contributed by atoms with Crippen LogP contribution in [0, 0.1) is 29.6 Å².